The van der Waals surface area contributed by atoms with Crippen LogP contribution in [-0.4, -0.2) is 51.8 Å². The largest absolute Gasteiger partial charge is 0.453 e. The van der Waals surface area contributed by atoms with Gasteiger partial charge in [0.15, 0.2) is 17.9 Å². The first-order chi connectivity index (χ1) is 10.4. The van der Waals surface area contributed by atoms with E-state index in [4.69, 9.17) is 9.84 Å². The highest BCUT2D eigenvalue weighted by Crippen LogP contribution is 2.32. The molecule has 1 aliphatic rings. The number of hydrogen-bond acceptors (Lipinski definition) is 7. The Morgan fingerprint density at radius 2 is 2.36 bits per heavy atom. The molecule has 3 atom stereocenters. The number of nitrogens with one attached hydrogen (secondary N) is 1. The van der Waals surface area contributed by atoms with Crippen molar-refractivity contribution in [2.45, 2.75) is 18.4 Å². The average molecular weight is 315 g/mol. The van der Waals surface area contributed by atoms with Crippen LogP contribution < -0.4 is 11.0 Å². The molecule has 1 aromatic rings. The lowest BCUT2D eigenvalue weighted by Gasteiger charge is -2.15. The molecule has 0 aromatic carbocycles. The van der Waals surface area contributed by atoms with Crippen LogP contribution in [-0.2, 0) is 9.47 Å². The Hall–Kier alpha value is -2.30. The first-order valence-corrected chi connectivity index (χ1v) is 6.15. The lowest BCUT2D eigenvalue weighted by molar-refractivity contribution is -0.0449. The van der Waals surface area contributed by atoms with Crippen LogP contribution in [0, 0.1) is 5.82 Å². The number of halogens is 1. The molecule has 1 aromatic heterocycles. The molecule has 22 heavy (non-hydrogen) atoms. The second kappa shape index (κ2) is 6.22. The first kappa shape index (κ1) is 16.1. The Morgan fingerprint density at radius 3 is 2.91 bits per heavy atom. The maximum Gasteiger partial charge on any atom is 0.412 e. The number of carbonyl (C=O) groups excluding carboxylic acids is 1. The third-order valence-electron chi connectivity index (χ3n) is 3.10. The number of ether oxygens (including phenoxy) is 2. The molecule has 1 amide bonds. The molecule has 9 nitrogen and oxygen atoms in total. The van der Waals surface area contributed by atoms with E-state index in [0.29, 0.717) is 0 Å². The highest BCUT2D eigenvalue weighted by Gasteiger charge is 2.39. The maximum atomic E-state index is 13.9. The molecule has 2 rings (SSSR count). The third kappa shape index (κ3) is 2.84. The topological polar surface area (TPSA) is 123 Å². The van der Waals surface area contributed by atoms with E-state index in [9.17, 15) is 19.1 Å². The minimum atomic E-state index is -1.20. The van der Waals surface area contributed by atoms with Crippen LogP contribution in [0.25, 0.3) is 0 Å². The van der Waals surface area contributed by atoms with Gasteiger partial charge in [-0.1, -0.05) is 6.58 Å². The summed E-state index contributed by atoms with van der Waals surface area (Å²) in [6, 6.07) is 0. The van der Waals surface area contributed by atoms with Gasteiger partial charge in [-0.25, -0.2) is 14.0 Å². The fourth-order valence-electron chi connectivity index (χ4n) is 1.95. The Kier molecular flexibility index (Phi) is 4.54. The summed E-state index contributed by atoms with van der Waals surface area (Å²) in [4.78, 5) is 26.3. The minimum absolute atomic E-state index is 0.0797. The fourth-order valence-corrected chi connectivity index (χ4v) is 1.95. The van der Waals surface area contributed by atoms with Crippen LogP contribution in [0.2, 0.25) is 0 Å². The van der Waals surface area contributed by atoms with E-state index in [1.807, 2.05) is 5.32 Å². The Morgan fingerprint density at radius 1 is 1.68 bits per heavy atom. The van der Waals surface area contributed by atoms with Crippen molar-refractivity contribution in [3.05, 3.63) is 34.7 Å². The summed E-state index contributed by atoms with van der Waals surface area (Å²) >= 11 is 0. The molecule has 0 aliphatic carbocycles. The standard InChI is InChI=1S/C12H14FN3O6/c1-5-8(18)7(4-17)22-10(5)16-3-6(13)9(14-11(16)19)15-12(20)21-2/h3,7-8,10,17-18H,1,4H2,2H3,(H,14,15,19,20)/t7-,8+,10-/m1/s1. The monoisotopic (exact) mass is 315 g/mol. The second-order valence-electron chi connectivity index (χ2n) is 4.47. The summed E-state index contributed by atoms with van der Waals surface area (Å²) in [6.45, 7) is 3.06. The van der Waals surface area contributed by atoms with Crippen LogP contribution in [0.5, 0.6) is 0 Å². The van der Waals surface area contributed by atoms with E-state index in [0.717, 1.165) is 17.9 Å². The smallest absolute Gasteiger partial charge is 0.412 e. The first-order valence-electron chi connectivity index (χ1n) is 6.15. The van der Waals surface area contributed by atoms with E-state index >= 15 is 0 Å². The lowest BCUT2D eigenvalue weighted by Crippen LogP contribution is -2.30. The zero-order valence-corrected chi connectivity index (χ0v) is 11.5. The van der Waals surface area contributed by atoms with Gasteiger partial charge in [0.2, 0.25) is 0 Å². The maximum absolute atomic E-state index is 13.9. The molecule has 3 N–H and O–H groups in total. The summed E-state index contributed by atoms with van der Waals surface area (Å²) in [5, 5.41) is 20.8. The average Bonchev–Trinajstić information content (AvgIpc) is 2.78. The van der Waals surface area contributed by atoms with Crippen LogP contribution in [0.3, 0.4) is 0 Å². The number of carbonyl (C=O) groups is 1. The zero-order valence-electron chi connectivity index (χ0n) is 11.5. The number of amides is 1. The Labute approximate surface area is 123 Å². The van der Waals surface area contributed by atoms with Gasteiger partial charge in [0.05, 0.1) is 19.9 Å². The van der Waals surface area contributed by atoms with E-state index in [1.165, 1.54) is 0 Å². The van der Waals surface area contributed by atoms with Crippen LogP contribution in [0.15, 0.2) is 23.1 Å². The van der Waals surface area contributed by atoms with E-state index < -0.39 is 48.5 Å². The summed E-state index contributed by atoms with van der Waals surface area (Å²) in [7, 11) is 1.07. The van der Waals surface area contributed by atoms with Crippen LogP contribution >= 0.6 is 0 Å². The second-order valence-corrected chi connectivity index (χ2v) is 4.47. The number of aromatic nitrogens is 2. The van der Waals surface area contributed by atoms with Gasteiger partial charge in [-0.2, -0.15) is 4.98 Å². The molecule has 120 valence electrons. The molecular formula is C12H14FN3O6. The molecule has 1 saturated heterocycles. The molecule has 0 unspecified atom stereocenters. The number of methoxy groups -OCH3 is 1. The minimum Gasteiger partial charge on any atom is -0.453 e. The molecule has 1 fully saturated rings. The summed E-state index contributed by atoms with van der Waals surface area (Å²) in [6.07, 6.45) is -3.57. The Bertz CT molecular complexity index is 661. The molecule has 0 radical (unpaired) electrons. The van der Waals surface area contributed by atoms with Crippen molar-refractivity contribution < 1.29 is 28.9 Å². The number of hydrogen-bond donors (Lipinski definition) is 3. The summed E-state index contributed by atoms with van der Waals surface area (Å²) < 4.78 is 24.2. The molecule has 10 heteroatoms. The third-order valence-corrected chi connectivity index (χ3v) is 3.10. The number of nitrogens with zero attached hydrogens (tertiary/aromatic N) is 2. The summed E-state index contributed by atoms with van der Waals surface area (Å²) in [5.41, 5.74) is -0.860. The van der Waals surface area contributed by atoms with Gasteiger partial charge in [0, 0.05) is 5.57 Å². The fraction of sp³-hybridized carbons (Fsp3) is 0.417. The predicted octanol–water partition coefficient (Wildman–Crippen LogP) is -0.633. The zero-order chi connectivity index (χ0) is 16.4. The van der Waals surface area contributed by atoms with E-state index in [-0.39, 0.29) is 5.57 Å². The predicted molar refractivity (Wildman–Crippen MR) is 70.6 cm³/mol. The van der Waals surface area contributed by atoms with Crippen molar-refractivity contribution in [1.29, 1.82) is 0 Å². The molecule has 2 heterocycles. The normalized spacial score (nSPS) is 24.4. The Balaban J connectivity index is 2.34. The van der Waals surface area contributed by atoms with Gasteiger partial charge in [0.25, 0.3) is 0 Å². The quantitative estimate of drug-likeness (QED) is 0.634. The van der Waals surface area contributed by atoms with Crippen molar-refractivity contribution in [3.63, 3.8) is 0 Å². The van der Waals surface area contributed by atoms with Crippen molar-refractivity contribution in [1.82, 2.24) is 9.55 Å². The highest BCUT2D eigenvalue weighted by molar-refractivity contribution is 5.83. The SMILES string of the molecule is C=C1[C@H](n2cc(F)c(NC(=O)OC)nc2=O)O[C@H](CO)[C@H]1O. The highest BCUT2D eigenvalue weighted by atomic mass is 19.1. The van der Waals surface area contributed by atoms with Gasteiger partial charge in [-0.05, 0) is 0 Å². The van der Waals surface area contributed by atoms with Crippen LogP contribution in [0.4, 0.5) is 15.0 Å². The molecule has 0 spiro atoms. The molecule has 1 aliphatic heterocycles. The number of aliphatic hydroxyl groups is 2. The van der Waals surface area contributed by atoms with E-state index in [2.05, 4.69) is 16.3 Å². The number of anilines is 1. The van der Waals surface area contributed by atoms with Crippen molar-refractivity contribution >= 4 is 11.9 Å². The molecule has 0 bridgehead atoms. The van der Waals surface area contributed by atoms with Gasteiger partial charge in [-0.15, -0.1) is 0 Å². The molecule has 0 saturated carbocycles. The van der Waals surface area contributed by atoms with E-state index in [1.54, 1.807) is 0 Å². The van der Waals surface area contributed by atoms with Crippen molar-refractivity contribution in [2.24, 2.45) is 0 Å². The van der Waals surface area contributed by atoms with Gasteiger partial charge < -0.3 is 19.7 Å². The lowest BCUT2D eigenvalue weighted by atomic mass is 10.1. The van der Waals surface area contributed by atoms with Crippen molar-refractivity contribution in [3.8, 4) is 0 Å². The van der Waals surface area contributed by atoms with Crippen LogP contribution in [0.1, 0.15) is 6.23 Å². The number of aliphatic hydroxyl groups excluding tert-OH is 2. The van der Waals surface area contributed by atoms with Gasteiger partial charge >= 0.3 is 11.8 Å². The molecular weight excluding hydrogens is 301 g/mol. The number of rotatable bonds is 3. The van der Waals surface area contributed by atoms with Gasteiger partial charge in [0.1, 0.15) is 12.2 Å². The van der Waals surface area contributed by atoms with Crippen molar-refractivity contribution in [2.75, 3.05) is 19.0 Å². The van der Waals surface area contributed by atoms with Gasteiger partial charge in [-0.3, -0.25) is 9.88 Å². The summed E-state index contributed by atoms with van der Waals surface area (Å²) in [5.74, 6) is -1.61.